The minimum absolute atomic E-state index is 0.0621. The molecule has 3 heterocycles. The van der Waals surface area contributed by atoms with E-state index in [9.17, 15) is 18.4 Å². The summed E-state index contributed by atoms with van der Waals surface area (Å²) in [6.45, 7) is 3.65. The Morgan fingerprint density at radius 1 is 1.06 bits per heavy atom. The Kier molecular flexibility index (Phi) is 4.34. The van der Waals surface area contributed by atoms with Crippen LogP contribution in [0, 0.1) is 13.8 Å². The van der Waals surface area contributed by atoms with E-state index in [0.717, 1.165) is 5.56 Å². The number of hydrogen-bond acceptors (Lipinski definition) is 5. The van der Waals surface area contributed by atoms with Gasteiger partial charge in [-0.05, 0) is 62.1 Å². The highest BCUT2D eigenvalue weighted by Crippen LogP contribution is 2.52. The zero-order chi connectivity index (χ0) is 22.7. The van der Waals surface area contributed by atoms with E-state index in [1.54, 1.807) is 19.1 Å². The van der Waals surface area contributed by atoms with Gasteiger partial charge in [0.25, 0.3) is 0 Å². The molecule has 1 fully saturated rings. The van der Waals surface area contributed by atoms with Crippen LogP contribution >= 0.6 is 0 Å². The number of aromatic nitrogens is 2. The van der Waals surface area contributed by atoms with Gasteiger partial charge in [-0.3, -0.25) is 9.59 Å². The van der Waals surface area contributed by atoms with E-state index in [4.69, 9.17) is 0 Å². The molecule has 0 unspecified atom stereocenters. The maximum Gasteiger partial charge on any atom is 0.586 e. The smallest absolute Gasteiger partial charge is 0.395 e. The minimum Gasteiger partial charge on any atom is -0.395 e. The highest BCUT2D eigenvalue weighted by molar-refractivity contribution is 6.01. The molecule has 1 aromatic carbocycles. The highest BCUT2D eigenvalue weighted by atomic mass is 19.3. The SMILES string of the molecule is Cc1cc(-c2nc(NC(=O)C3(c4ccc5c(c4)OC(F)(F)O5)CC3)ccc2C)cc(=O)[nH]1. The number of rotatable bonds is 4. The van der Waals surface area contributed by atoms with Crippen molar-refractivity contribution in [1.82, 2.24) is 9.97 Å². The second-order valence-corrected chi connectivity index (χ2v) is 8.14. The molecular weight excluding hydrogens is 420 g/mol. The van der Waals surface area contributed by atoms with Crippen LogP contribution in [0.15, 0.2) is 47.3 Å². The molecule has 0 atom stereocenters. The predicted molar refractivity (Wildman–Crippen MR) is 112 cm³/mol. The molecule has 1 amide bonds. The number of fused-ring (bicyclic) bond motifs is 1. The van der Waals surface area contributed by atoms with Crippen LogP contribution in [0.2, 0.25) is 0 Å². The van der Waals surface area contributed by atoms with Crippen molar-refractivity contribution >= 4 is 11.7 Å². The Hall–Kier alpha value is -3.75. The average molecular weight is 439 g/mol. The lowest BCUT2D eigenvalue weighted by Gasteiger charge is -2.17. The third kappa shape index (κ3) is 3.49. The van der Waals surface area contributed by atoms with Crippen molar-refractivity contribution < 1.29 is 23.0 Å². The van der Waals surface area contributed by atoms with E-state index in [1.165, 1.54) is 18.2 Å². The number of pyridine rings is 2. The van der Waals surface area contributed by atoms with E-state index in [2.05, 4.69) is 24.8 Å². The molecule has 3 aromatic rings. The lowest BCUT2D eigenvalue weighted by atomic mass is 9.94. The summed E-state index contributed by atoms with van der Waals surface area (Å²) in [4.78, 5) is 32.2. The number of aryl methyl sites for hydroxylation is 2. The molecule has 164 valence electrons. The monoisotopic (exact) mass is 439 g/mol. The zero-order valence-corrected chi connectivity index (χ0v) is 17.3. The number of nitrogens with zero attached hydrogens (tertiary/aromatic N) is 1. The summed E-state index contributed by atoms with van der Waals surface area (Å²) in [6.07, 6.45) is -2.57. The maximum absolute atomic E-state index is 13.3. The van der Waals surface area contributed by atoms with E-state index in [-0.39, 0.29) is 23.0 Å². The second kappa shape index (κ2) is 6.88. The van der Waals surface area contributed by atoms with Gasteiger partial charge >= 0.3 is 6.29 Å². The minimum atomic E-state index is -3.71. The zero-order valence-electron chi connectivity index (χ0n) is 17.3. The van der Waals surface area contributed by atoms with Crippen molar-refractivity contribution in [2.24, 2.45) is 0 Å². The molecule has 0 saturated heterocycles. The highest BCUT2D eigenvalue weighted by Gasteiger charge is 2.53. The number of halogens is 2. The quantitative estimate of drug-likeness (QED) is 0.640. The first-order valence-corrected chi connectivity index (χ1v) is 10.1. The standard InChI is InChI=1S/C23H19F2N3O4/c1-12-3-6-18(27-20(12)14-9-13(2)26-19(29)10-14)28-21(30)22(7-8-22)15-4-5-16-17(11-15)32-23(24,25)31-16/h3-6,9-11H,7-8H2,1-2H3,(H,26,29)(H,27,28,30). The number of aromatic amines is 1. The van der Waals surface area contributed by atoms with Gasteiger partial charge < -0.3 is 19.8 Å². The third-order valence-corrected chi connectivity index (χ3v) is 5.73. The molecule has 5 rings (SSSR count). The lowest BCUT2D eigenvalue weighted by Crippen LogP contribution is -2.28. The van der Waals surface area contributed by atoms with E-state index in [1.807, 2.05) is 19.1 Å². The van der Waals surface area contributed by atoms with Gasteiger partial charge in [0, 0.05) is 17.3 Å². The summed E-state index contributed by atoms with van der Waals surface area (Å²) in [7, 11) is 0. The Morgan fingerprint density at radius 3 is 2.53 bits per heavy atom. The number of alkyl halides is 2. The van der Waals surface area contributed by atoms with E-state index < -0.39 is 11.7 Å². The summed E-state index contributed by atoms with van der Waals surface area (Å²) >= 11 is 0. The van der Waals surface area contributed by atoms with Gasteiger partial charge in [-0.15, -0.1) is 8.78 Å². The van der Waals surface area contributed by atoms with E-state index >= 15 is 0 Å². The number of anilines is 1. The molecule has 1 aliphatic carbocycles. The van der Waals surface area contributed by atoms with Crippen LogP contribution in [0.4, 0.5) is 14.6 Å². The van der Waals surface area contributed by atoms with Crippen molar-refractivity contribution in [2.75, 3.05) is 5.32 Å². The molecule has 9 heteroatoms. The first-order valence-electron chi connectivity index (χ1n) is 10.1. The van der Waals surface area contributed by atoms with Crippen LogP contribution in [0.1, 0.15) is 29.7 Å². The van der Waals surface area contributed by atoms with Crippen molar-refractivity contribution in [3.63, 3.8) is 0 Å². The summed E-state index contributed by atoms with van der Waals surface area (Å²) in [5.74, 6) is -0.0976. The number of H-pyrrole nitrogens is 1. The summed E-state index contributed by atoms with van der Waals surface area (Å²) < 4.78 is 35.6. The Balaban J connectivity index is 1.42. The molecule has 7 nitrogen and oxygen atoms in total. The number of benzene rings is 1. The Labute approximate surface area is 181 Å². The molecule has 0 spiro atoms. The lowest BCUT2D eigenvalue weighted by molar-refractivity contribution is -0.286. The maximum atomic E-state index is 13.3. The van der Waals surface area contributed by atoms with Gasteiger partial charge in [0.2, 0.25) is 11.5 Å². The fourth-order valence-corrected chi connectivity index (χ4v) is 3.96. The van der Waals surface area contributed by atoms with Gasteiger partial charge in [-0.1, -0.05) is 12.1 Å². The largest absolute Gasteiger partial charge is 0.586 e. The first-order chi connectivity index (χ1) is 15.1. The fourth-order valence-electron chi connectivity index (χ4n) is 3.96. The van der Waals surface area contributed by atoms with Crippen LogP contribution in [0.3, 0.4) is 0 Å². The first kappa shape index (κ1) is 20.2. The molecule has 2 aromatic heterocycles. The van der Waals surface area contributed by atoms with Crippen molar-refractivity contribution in [3.05, 3.63) is 69.6 Å². The molecule has 2 N–H and O–H groups in total. The summed E-state index contributed by atoms with van der Waals surface area (Å²) in [5, 5.41) is 2.84. The molecule has 2 aliphatic rings. The van der Waals surface area contributed by atoms with Gasteiger partial charge in [0.05, 0.1) is 11.1 Å². The Bertz CT molecular complexity index is 1310. The van der Waals surface area contributed by atoms with Crippen LogP contribution in [-0.4, -0.2) is 22.2 Å². The summed E-state index contributed by atoms with van der Waals surface area (Å²) in [5.41, 5.74) is 2.29. The molecular formula is C23H19F2N3O4. The van der Waals surface area contributed by atoms with Gasteiger partial charge in [0.1, 0.15) is 5.82 Å². The topological polar surface area (TPSA) is 93.3 Å². The predicted octanol–water partition coefficient (Wildman–Crippen LogP) is 4.05. The van der Waals surface area contributed by atoms with Gasteiger partial charge in [-0.25, -0.2) is 4.98 Å². The number of carbonyl (C=O) groups excluding carboxylic acids is 1. The normalized spacial score (nSPS) is 17.1. The second-order valence-electron chi connectivity index (χ2n) is 8.14. The van der Waals surface area contributed by atoms with Crippen LogP contribution in [0.5, 0.6) is 11.5 Å². The van der Waals surface area contributed by atoms with Crippen molar-refractivity contribution in [1.29, 1.82) is 0 Å². The van der Waals surface area contributed by atoms with Crippen LogP contribution in [0.25, 0.3) is 11.3 Å². The number of nitrogens with one attached hydrogen (secondary N) is 2. The average Bonchev–Trinajstić information content (AvgIpc) is 3.46. The fraction of sp³-hybridized carbons (Fsp3) is 0.261. The molecule has 0 bridgehead atoms. The number of ether oxygens (including phenoxy) is 2. The molecule has 1 aliphatic heterocycles. The van der Waals surface area contributed by atoms with Gasteiger partial charge in [0.15, 0.2) is 11.5 Å². The van der Waals surface area contributed by atoms with Crippen molar-refractivity contribution in [2.45, 2.75) is 38.4 Å². The Morgan fingerprint density at radius 2 is 1.81 bits per heavy atom. The van der Waals surface area contributed by atoms with Crippen LogP contribution in [-0.2, 0) is 10.2 Å². The number of carbonyl (C=O) groups is 1. The van der Waals surface area contributed by atoms with Crippen LogP contribution < -0.4 is 20.3 Å². The summed E-state index contributed by atoms with van der Waals surface area (Å²) in [6, 6.07) is 11.2. The number of amides is 1. The molecule has 1 saturated carbocycles. The van der Waals surface area contributed by atoms with Crippen molar-refractivity contribution in [3.8, 4) is 22.8 Å². The van der Waals surface area contributed by atoms with Gasteiger partial charge in [-0.2, -0.15) is 0 Å². The molecule has 32 heavy (non-hydrogen) atoms. The molecule has 0 radical (unpaired) electrons. The number of hydrogen-bond donors (Lipinski definition) is 2. The third-order valence-electron chi connectivity index (χ3n) is 5.73. The van der Waals surface area contributed by atoms with E-state index in [0.29, 0.717) is 41.2 Å².